The Balaban J connectivity index is 0. The first-order chi connectivity index (χ1) is 7.93. The van der Waals surface area contributed by atoms with Crippen LogP contribution in [-0.4, -0.2) is 46.7 Å². The van der Waals surface area contributed by atoms with Crippen LogP contribution in [0.2, 0.25) is 0 Å². The van der Waals surface area contributed by atoms with E-state index in [2.05, 4.69) is 11.8 Å². The molecule has 1 atom stereocenters. The van der Waals surface area contributed by atoms with Gasteiger partial charge in [0.1, 0.15) is 5.92 Å². The minimum Gasteiger partial charge on any atom is -0.481 e. The first-order valence-electron chi connectivity index (χ1n) is 5.95. The van der Waals surface area contributed by atoms with Crippen LogP contribution in [0, 0.1) is 18.8 Å². The first-order valence-corrected chi connectivity index (χ1v) is 5.95. The second-order valence-electron chi connectivity index (χ2n) is 4.21. The van der Waals surface area contributed by atoms with E-state index in [1.165, 1.54) is 0 Å². The normalized spacial score (nSPS) is 12.3. The van der Waals surface area contributed by atoms with Crippen molar-refractivity contribution in [1.29, 1.82) is 0 Å². The van der Waals surface area contributed by atoms with Gasteiger partial charge in [0.05, 0.1) is 0 Å². The summed E-state index contributed by atoms with van der Waals surface area (Å²) in [6, 6.07) is 0. The van der Waals surface area contributed by atoms with Crippen molar-refractivity contribution in [3.05, 3.63) is 6.92 Å². The minimum atomic E-state index is -1.42. The van der Waals surface area contributed by atoms with Gasteiger partial charge in [-0.2, -0.15) is 0 Å². The summed E-state index contributed by atoms with van der Waals surface area (Å²) in [5.41, 5.74) is 0. The SMILES string of the molecule is [CH2-]C(CN(CCC)CCC)C(C(=O)O)C(=O)O.[Na+]. The number of carboxylic acid groups (broad SMARTS) is 2. The van der Waals surface area contributed by atoms with Gasteiger partial charge in [-0.1, -0.05) is 13.8 Å². The van der Waals surface area contributed by atoms with E-state index in [9.17, 15) is 9.59 Å². The molecule has 0 aliphatic carbocycles. The van der Waals surface area contributed by atoms with Gasteiger partial charge in [0.15, 0.2) is 0 Å². The van der Waals surface area contributed by atoms with E-state index < -0.39 is 23.8 Å². The smallest absolute Gasteiger partial charge is 0.481 e. The predicted molar refractivity (Wildman–Crippen MR) is 64.6 cm³/mol. The van der Waals surface area contributed by atoms with Crippen LogP contribution in [0.15, 0.2) is 0 Å². The van der Waals surface area contributed by atoms with Gasteiger partial charge < -0.3 is 22.0 Å². The van der Waals surface area contributed by atoms with Crippen molar-refractivity contribution in [2.24, 2.45) is 11.8 Å². The largest absolute Gasteiger partial charge is 1.00 e. The summed E-state index contributed by atoms with van der Waals surface area (Å²) in [5.74, 6) is -4.69. The number of carboxylic acids is 2. The topological polar surface area (TPSA) is 77.8 Å². The number of nitrogens with zero attached hydrogens (tertiary/aromatic N) is 1. The molecular formula is C12H22NNaO4. The fraction of sp³-hybridized carbons (Fsp3) is 0.750. The Kier molecular flexibility index (Phi) is 12.1. The van der Waals surface area contributed by atoms with E-state index in [1.807, 2.05) is 13.8 Å². The van der Waals surface area contributed by atoms with Crippen LogP contribution < -0.4 is 29.6 Å². The van der Waals surface area contributed by atoms with Gasteiger partial charge in [-0.3, -0.25) is 9.59 Å². The molecular weight excluding hydrogens is 245 g/mol. The van der Waals surface area contributed by atoms with E-state index in [0.29, 0.717) is 6.54 Å². The molecule has 5 nitrogen and oxygen atoms in total. The summed E-state index contributed by atoms with van der Waals surface area (Å²) < 4.78 is 0. The molecule has 0 aromatic rings. The third kappa shape index (κ3) is 7.36. The van der Waals surface area contributed by atoms with Crippen LogP contribution in [0.4, 0.5) is 0 Å². The van der Waals surface area contributed by atoms with E-state index in [0.717, 1.165) is 25.9 Å². The third-order valence-electron chi connectivity index (χ3n) is 2.58. The Morgan fingerprint density at radius 3 is 1.78 bits per heavy atom. The Morgan fingerprint density at radius 1 is 1.11 bits per heavy atom. The average Bonchev–Trinajstić information content (AvgIpc) is 2.16. The summed E-state index contributed by atoms with van der Waals surface area (Å²) in [6.45, 7) is 9.84. The van der Waals surface area contributed by atoms with Crippen LogP contribution in [0.1, 0.15) is 26.7 Å². The second kappa shape index (κ2) is 10.8. The van der Waals surface area contributed by atoms with E-state index >= 15 is 0 Å². The minimum absolute atomic E-state index is 0. The number of hydrogen-bond donors (Lipinski definition) is 2. The summed E-state index contributed by atoms with van der Waals surface area (Å²) in [4.78, 5) is 23.7. The Labute approximate surface area is 131 Å². The van der Waals surface area contributed by atoms with Crippen LogP contribution in [0.5, 0.6) is 0 Å². The van der Waals surface area contributed by atoms with Gasteiger partial charge in [-0.25, -0.2) is 0 Å². The number of hydrogen-bond acceptors (Lipinski definition) is 3. The Morgan fingerprint density at radius 2 is 1.50 bits per heavy atom. The molecule has 0 radical (unpaired) electrons. The van der Waals surface area contributed by atoms with Crippen molar-refractivity contribution in [3.63, 3.8) is 0 Å². The molecule has 100 valence electrons. The molecule has 0 heterocycles. The van der Waals surface area contributed by atoms with Crippen LogP contribution in [0.25, 0.3) is 0 Å². The van der Waals surface area contributed by atoms with E-state index in [1.54, 1.807) is 0 Å². The molecule has 0 saturated carbocycles. The van der Waals surface area contributed by atoms with Crippen molar-refractivity contribution in [1.82, 2.24) is 4.90 Å². The molecule has 0 saturated heterocycles. The maximum absolute atomic E-state index is 10.8. The maximum Gasteiger partial charge on any atom is 1.00 e. The Hall–Kier alpha value is -0.100. The quantitative estimate of drug-likeness (QED) is 0.297. The molecule has 0 rings (SSSR count). The van der Waals surface area contributed by atoms with E-state index in [4.69, 9.17) is 10.2 Å². The number of aliphatic carboxylic acids is 2. The first kappa shape index (κ1) is 20.2. The van der Waals surface area contributed by atoms with Gasteiger partial charge in [-0.15, -0.1) is 5.92 Å². The molecule has 18 heavy (non-hydrogen) atoms. The van der Waals surface area contributed by atoms with Crippen molar-refractivity contribution in [2.75, 3.05) is 19.6 Å². The summed E-state index contributed by atoms with van der Waals surface area (Å²) in [5, 5.41) is 17.7. The third-order valence-corrected chi connectivity index (χ3v) is 2.58. The average molecular weight is 267 g/mol. The van der Waals surface area contributed by atoms with Gasteiger partial charge in [0, 0.05) is 0 Å². The van der Waals surface area contributed by atoms with Gasteiger partial charge >= 0.3 is 41.5 Å². The van der Waals surface area contributed by atoms with Crippen molar-refractivity contribution < 1.29 is 49.4 Å². The zero-order chi connectivity index (χ0) is 13.4. The summed E-state index contributed by atoms with van der Waals surface area (Å²) in [6.07, 6.45) is 1.91. The summed E-state index contributed by atoms with van der Waals surface area (Å²) >= 11 is 0. The number of rotatable bonds is 9. The predicted octanol–water partition coefficient (Wildman–Crippen LogP) is -1.65. The molecule has 0 spiro atoms. The van der Waals surface area contributed by atoms with Gasteiger partial charge in [-0.05, 0) is 32.5 Å². The van der Waals surface area contributed by atoms with Crippen molar-refractivity contribution >= 4 is 11.9 Å². The molecule has 0 aliphatic heterocycles. The molecule has 2 N–H and O–H groups in total. The zero-order valence-corrected chi connectivity index (χ0v) is 13.6. The molecule has 0 amide bonds. The number of carbonyl (C=O) groups is 2. The molecule has 0 aromatic carbocycles. The molecule has 0 bridgehead atoms. The summed E-state index contributed by atoms with van der Waals surface area (Å²) in [7, 11) is 0. The van der Waals surface area contributed by atoms with Gasteiger partial charge in [0.25, 0.3) is 0 Å². The van der Waals surface area contributed by atoms with Crippen LogP contribution in [-0.2, 0) is 9.59 Å². The van der Waals surface area contributed by atoms with Crippen molar-refractivity contribution in [2.45, 2.75) is 26.7 Å². The van der Waals surface area contributed by atoms with Crippen LogP contribution in [0.3, 0.4) is 0 Å². The maximum atomic E-state index is 10.8. The molecule has 0 fully saturated rings. The molecule has 0 aromatic heterocycles. The Bertz CT molecular complexity index is 240. The van der Waals surface area contributed by atoms with Gasteiger partial charge in [0.2, 0.25) is 0 Å². The standard InChI is InChI=1S/C12H22NO4.Na/c1-4-6-13(7-5-2)8-9(3)10(11(14)15)12(16)17;/h9-10H,3-8H2,1-2H3,(H,14,15)(H,16,17);/q-1;+1. The molecule has 0 aliphatic rings. The van der Waals surface area contributed by atoms with E-state index in [-0.39, 0.29) is 29.6 Å². The van der Waals surface area contributed by atoms with Crippen LogP contribution >= 0.6 is 0 Å². The second-order valence-corrected chi connectivity index (χ2v) is 4.21. The molecule has 6 heteroatoms. The van der Waals surface area contributed by atoms with Crippen molar-refractivity contribution in [3.8, 4) is 0 Å². The molecule has 1 unspecified atom stereocenters. The monoisotopic (exact) mass is 267 g/mol. The fourth-order valence-corrected chi connectivity index (χ4v) is 1.87. The zero-order valence-electron chi connectivity index (χ0n) is 11.6. The fourth-order valence-electron chi connectivity index (χ4n) is 1.87.